The lowest BCUT2D eigenvalue weighted by atomic mass is 10.1. The fourth-order valence-corrected chi connectivity index (χ4v) is 3.76. The zero-order valence-corrected chi connectivity index (χ0v) is 16.2. The van der Waals surface area contributed by atoms with Gasteiger partial charge < -0.3 is 10.2 Å². The van der Waals surface area contributed by atoms with Crippen LogP contribution < -0.4 is 5.32 Å². The fraction of sp³-hybridized carbons (Fsp3) is 0.261. The number of carbonyl (C=O) groups is 2. The smallest absolute Gasteiger partial charge is 0.256 e. The Kier molecular flexibility index (Phi) is 5.25. The normalized spacial score (nSPS) is 14.1. The Morgan fingerprint density at radius 1 is 1.00 bits per heavy atom. The van der Waals surface area contributed by atoms with Crippen LogP contribution in [0, 0.1) is 12.7 Å². The Balaban J connectivity index is 1.66. The maximum absolute atomic E-state index is 13.6. The Morgan fingerprint density at radius 2 is 1.76 bits per heavy atom. The SMILES string of the molecule is Cc1cc(C(=O)Nc2ccccc2C(=O)N2CCCCC2)c2ccc(F)cc2n1. The lowest BCUT2D eigenvalue weighted by molar-refractivity contribution is 0.0725. The van der Waals surface area contributed by atoms with Gasteiger partial charge in [0.2, 0.25) is 0 Å². The van der Waals surface area contributed by atoms with Gasteiger partial charge in [0.15, 0.2) is 0 Å². The standard InChI is InChI=1S/C23H22FN3O2/c1-15-13-19(17-10-9-16(24)14-21(17)25-15)22(28)26-20-8-4-3-7-18(20)23(29)27-11-5-2-6-12-27/h3-4,7-10,13-14H,2,5-6,11-12H2,1H3,(H,26,28). The van der Waals surface area contributed by atoms with Crippen molar-refractivity contribution in [2.75, 3.05) is 18.4 Å². The zero-order valence-electron chi connectivity index (χ0n) is 16.2. The third-order valence-corrected chi connectivity index (χ3v) is 5.19. The summed E-state index contributed by atoms with van der Waals surface area (Å²) >= 11 is 0. The van der Waals surface area contributed by atoms with Crippen LogP contribution in [0.3, 0.4) is 0 Å². The van der Waals surface area contributed by atoms with Crippen molar-refractivity contribution < 1.29 is 14.0 Å². The van der Waals surface area contributed by atoms with Gasteiger partial charge in [-0.3, -0.25) is 14.6 Å². The molecule has 1 aliphatic rings. The highest BCUT2D eigenvalue weighted by molar-refractivity contribution is 6.14. The molecule has 2 aromatic carbocycles. The van der Waals surface area contributed by atoms with Gasteiger partial charge in [0, 0.05) is 30.2 Å². The van der Waals surface area contributed by atoms with Crippen LogP contribution in [0.4, 0.5) is 10.1 Å². The van der Waals surface area contributed by atoms with E-state index in [1.165, 1.54) is 12.1 Å². The molecule has 0 bridgehead atoms. The van der Waals surface area contributed by atoms with Crippen molar-refractivity contribution in [1.29, 1.82) is 0 Å². The average molecular weight is 391 g/mol. The molecule has 0 spiro atoms. The van der Waals surface area contributed by atoms with Crippen LogP contribution in [0.1, 0.15) is 45.7 Å². The van der Waals surface area contributed by atoms with E-state index in [4.69, 9.17) is 0 Å². The number of benzene rings is 2. The Bertz CT molecular complexity index is 1090. The van der Waals surface area contributed by atoms with E-state index < -0.39 is 5.82 Å². The topological polar surface area (TPSA) is 62.3 Å². The highest BCUT2D eigenvalue weighted by Gasteiger charge is 2.22. The van der Waals surface area contributed by atoms with Crippen molar-refractivity contribution in [3.8, 4) is 0 Å². The number of anilines is 1. The van der Waals surface area contributed by atoms with Gasteiger partial charge >= 0.3 is 0 Å². The number of para-hydroxylation sites is 1. The van der Waals surface area contributed by atoms with Crippen molar-refractivity contribution >= 4 is 28.4 Å². The molecule has 29 heavy (non-hydrogen) atoms. The van der Waals surface area contributed by atoms with Crippen LogP contribution in [0.2, 0.25) is 0 Å². The predicted octanol–water partition coefficient (Wildman–Crippen LogP) is 4.56. The van der Waals surface area contributed by atoms with Crippen molar-refractivity contribution in [1.82, 2.24) is 9.88 Å². The zero-order chi connectivity index (χ0) is 20.4. The van der Waals surface area contributed by atoms with Crippen molar-refractivity contribution in [3.63, 3.8) is 0 Å². The minimum Gasteiger partial charge on any atom is -0.339 e. The van der Waals surface area contributed by atoms with Gasteiger partial charge in [-0.1, -0.05) is 12.1 Å². The summed E-state index contributed by atoms with van der Waals surface area (Å²) in [5.41, 5.74) is 2.38. The molecule has 0 saturated carbocycles. The van der Waals surface area contributed by atoms with Gasteiger partial charge in [-0.25, -0.2) is 4.39 Å². The lowest BCUT2D eigenvalue weighted by Crippen LogP contribution is -2.36. The van der Waals surface area contributed by atoms with Gasteiger partial charge in [-0.05, 0) is 56.5 Å². The summed E-state index contributed by atoms with van der Waals surface area (Å²) in [6, 6.07) is 12.9. The molecule has 1 saturated heterocycles. The molecule has 1 N–H and O–H groups in total. The first kappa shape index (κ1) is 19.1. The molecule has 2 heterocycles. The van der Waals surface area contributed by atoms with E-state index in [0.717, 1.165) is 32.4 Å². The number of rotatable bonds is 3. The van der Waals surface area contributed by atoms with Crippen LogP contribution >= 0.6 is 0 Å². The van der Waals surface area contributed by atoms with Crippen molar-refractivity contribution in [2.45, 2.75) is 26.2 Å². The van der Waals surface area contributed by atoms with Crippen molar-refractivity contribution in [2.24, 2.45) is 0 Å². The summed E-state index contributed by atoms with van der Waals surface area (Å²) in [7, 11) is 0. The molecule has 4 rings (SSSR count). The number of fused-ring (bicyclic) bond motifs is 1. The van der Waals surface area contributed by atoms with E-state index >= 15 is 0 Å². The maximum atomic E-state index is 13.6. The second kappa shape index (κ2) is 7.99. The molecule has 0 unspecified atom stereocenters. The number of pyridine rings is 1. The number of likely N-dealkylation sites (tertiary alicyclic amines) is 1. The first-order valence-electron chi connectivity index (χ1n) is 9.79. The van der Waals surface area contributed by atoms with E-state index in [1.54, 1.807) is 43.3 Å². The number of nitrogens with zero attached hydrogens (tertiary/aromatic N) is 2. The monoisotopic (exact) mass is 391 g/mol. The van der Waals surface area contributed by atoms with Crippen molar-refractivity contribution in [3.05, 3.63) is 71.2 Å². The van der Waals surface area contributed by atoms with Gasteiger partial charge in [0.05, 0.1) is 22.3 Å². The number of amides is 2. The first-order valence-corrected chi connectivity index (χ1v) is 9.79. The Morgan fingerprint density at radius 3 is 2.55 bits per heavy atom. The molecule has 0 radical (unpaired) electrons. The average Bonchev–Trinajstić information content (AvgIpc) is 2.73. The molecule has 3 aromatic rings. The van der Waals surface area contributed by atoms with Crippen LogP contribution in [-0.4, -0.2) is 34.8 Å². The number of hydrogen-bond donors (Lipinski definition) is 1. The Labute approximate surface area is 168 Å². The number of halogens is 1. The summed E-state index contributed by atoms with van der Waals surface area (Å²) in [4.78, 5) is 32.2. The summed E-state index contributed by atoms with van der Waals surface area (Å²) < 4.78 is 13.6. The summed E-state index contributed by atoms with van der Waals surface area (Å²) in [6.07, 6.45) is 3.13. The molecular weight excluding hydrogens is 369 g/mol. The van der Waals surface area contributed by atoms with Gasteiger partial charge in [-0.15, -0.1) is 0 Å². The molecular formula is C23H22FN3O2. The summed E-state index contributed by atoms with van der Waals surface area (Å²) in [5.74, 6) is -0.830. The van der Waals surface area contributed by atoms with Gasteiger partial charge in [0.1, 0.15) is 5.82 Å². The second-order valence-corrected chi connectivity index (χ2v) is 7.33. The van der Waals surface area contributed by atoms with Gasteiger partial charge in [-0.2, -0.15) is 0 Å². The first-order chi connectivity index (χ1) is 14.0. The number of aromatic nitrogens is 1. The number of carbonyl (C=O) groups excluding carboxylic acids is 2. The van der Waals surface area contributed by atoms with E-state index in [1.807, 2.05) is 4.90 Å². The van der Waals surface area contributed by atoms with E-state index in [-0.39, 0.29) is 11.8 Å². The van der Waals surface area contributed by atoms with E-state index in [2.05, 4.69) is 10.3 Å². The van der Waals surface area contributed by atoms with E-state index in [9.17, 15) is 14.0 Å². The minimum atomic E-state index is -0.403. The highest BCUT2D eigenvalue weighted by atomic mass is 19.1. The maximum Gasteiger partial charge on any atom is 0.256 e. The Hall–Kier alpha value is -3.28. The van der Waals surface area contributed by atoms with E-state index in [0.29, 0.717) is 33.4 Å². The number of piperidine rings is 1. The lowest BCUT2D eigenvalue weighted by Gasteiger charge is -2.27. The molecule has 0 aliphatic carbocycles. The highest BCUT2D eigenvalue weighted by Crippen LogP contribution is 2.24. The molecule has 5 nitrogen and oxygen atoms in total. The third-order valence-electron chi connectivity index (χ3n) is 5.19. The molecule has 2 amide bonds. The number of aryl methyl sites for hydroxylation is 1. The van der Waals surface area contributed by atoms with Crippen LogP contribution in [0.5, 0.6) is 0 Å². The van der Waals surface area contributed by atoms with Crippen LogP contribution in [0.25, 0.3) is 10.9 Å². The fourth-order valence-electron chi connectivity index (χ4n) is 3.76. The summed E-state index contributed by atoms with van der Waals surface area (Å²) in [6.45, 7) is 3.23. The number of nitrogens with one attached hydrogen (secondary N) is 1. The largest absolute Gasteiger partial charge is 0.339 e. The predicted molar refractivity (Wildman–Crippen MR) is 111 cm³/mol. The molecule has 0 atom stereocenters. The minimum absolute atomic E-state index is 0.0709. The molecule has 148 valence electrons. The van der Waals surface area contributed by atoms with Gasteiger partial charge in [0.25, 0.3) is 11.8 Å². The molecule has 1 aliphatic heterocycles. The molecule has 6 heteroatoms. The van der Waals surface area contributed by atoms with Crippen LogP contribution in [-0.2, 0) is 0 Å². The third kappa shape index (κ3) is 3.97. The number of hydrogen-bond acceptors (Lipinski definition) is 3. The molecule has 1 fully saturated rings. The van der Waals surface area contributed by atoms with Crippen LogP contribution in [0.15, 0.2) is 48.5 Å². The second-order valence-electron chi connectivity index (χ2n) is 7.33. The molecule has 1 aromatic heterocycles. The summed E-state index contributed by atoms with van der Waals surface area (Å²) in [5, 5.41) is 3.44. The quantitative estimate of drug-likeness (QED) is 0.712.